The molecule has 0 heterocycles. The molecule has 4 unspecified atom stereocenters. The Morgan fingerprint density at radius 1 is 0.481 bits per heavy atom. The van der Waals surface area contributed by atoms with Crippen LogP contribution in [0.3, 0.4) is 0 Å². The molecule has 316 valence electrons. The Morgan fingerprint density at radius 3 is 1.06 bits per heavy atom. The van der Waals surface area contributed by atoms with Crippen molar-refractivity contribution in [3.63, 3.8) is 0 Å². The van der Waals surface area contributed by atoms with Crippen molar-refractivity contribution in [3.05, 3.63) is 0 Å². The van der Waals surface area contributed by atoms with Crippen molar-refractivity contribution in [1.29, 1.82) is 0 Å². The summed E-state index contributed by atoms with van der Waals surface area (Å²) in [4.78, 5) is 10.2. The van der Waals surface area contributed by atoms with E-state index in [4.69, 9.17) is 0 Å². The van der Waals surface area contributed by atoms with Gasteiger partial charge in [0.15, 0.2) is 0 Å². The lowest BCUT2D eigenvalue weighted by Crippen LogP contribution is -2.32. The molecule has 0 aromatic carbocycles. The predicted octanol–water partition coefficient (Wildman–Crippen LogP) is 17.8. The van der Waals surface area contributed by atoms with E-state index in [9.17, 15) is 9.46 Å². The van der Waals surface area contributed by atoms with E-state index in [1.54, 1.807) is 0 Å². The van der Waals surface area contributed by atoms with E-state index in [1.807, 2.05) is 0 Å². The van der Waals surface area contributed by atoms with Gasteiger partial charge in [-0.15, -0.1) is 9.24 Å². The van der Waals surface area contributed by atoms with Gasteiger partial charge in [-0.2, -0.15) is 0 Å². The highest BCUT2D eigenvalue weighted by molar-refractivity contribution is 7.58. The van der Waals surface area contributed by atoms with Gasteiger partial charge in [0, 0.05) is 12.3 Å². The average molecular weight is 773 g/mol. The molecule has 0 bridgehead atoms. The van der Waals surface area contributed by atoms with Crippen molar-refractivity contribution in [2.45, 2.75) is 268 Å². The lowest BCUT2D eigenvalue weighted by Gasteiger charge is -2.39. The monoisotopic (exact) mass is 773 g/mol. The van der Waals surface area contributed by atoms with E-state index in [0.29, 0.717) is 29.3 Å². The maximum absolute atomic E-state index is 12.4. The number of unbranched alkanes of at least 4 members (excludes halogenated alkanes) is 18. The molecule has 52 heavy (non-hydrogen) atoms. The highest BCUT2D eigenvalue weighted by Gasteiger charge is 2.33. The van der Waals surface area contributed by atoms with E-state index < -0.39 is 7.37 Å². The molecule has 0 saturated carbocycles. The molecule has 4 heteroatoms. The summed E-state index contributed by atoms with van der Waals surface area (Å²) in [6, 6.07) is 0. The lowest BCUT2D eigenvalue weighted by molar-refractivity contribution is 0.270. The van der Waals surface area contributed by atoms with Crippen LogP contribution >= 0.6 is 16.6 Å². The van der Waals surface area contributed by atoms with E-state index in [-0.39, 0.29) is 10.8 Å². The molecule has 0 aliphatic heterocycles. The summed E-state index contributed by atoms with van der Waals surface area (Å²) in [5.74, 6) is 1.58. The van der Waals surface area contributed by atoms with Gasteiger partial charge in [-0.05, 0) is 72.3 Å². The third-order valence-electron chi connectivity index (χ3n) is 11.2. The van der Waals surface area contributed by atoms with E-state index in [0.717, 1.165) is 18.8 Å². The van der Waals surface area contributed by atoms with Crippen LogP contribution in [0.1, 0.15) is 263 Å². The molecule has 0 aliphatic carbocycles. The SMILES string of the molecule is CC(CC(C)(C)C)CP(=O)(O)CC(C)CC(C)(C)C.CCCCCCCCCCCCC(CCCCCC)C(P)(CCCCCC)CCCCCC. The van der Waals surface area contributed by atoms with Crippen LogP contribution in [-0.2, 0) is 4.57 Å². The first-order valence-electron chi connectivity index (χ1n) is 23.4. The first-order chi connectivity index (χ1) is 24.3. The van der Waals surface area contributed by atoms with Crippen LogP contribution in [0.2, 0.25) is 0 Å². The Labute approximate surface area is 333 Å². The van der Waals surface area contributed by atoms with E-state index in [1.165, 1.54) is 167 Å². The quantitative estimate of drug-likeness (QED) is 0.0533. The van der Waals surface area contributed by atoms with Crippen molar-refractivity contribution < 1.29 is 9.46 Å². The van der Waals surface area contributed by atoms with Gasteiger partial charge in [0.1, 0.15) is 0 Å². The summed E-state index contributed by atoms with van der Waals surface area (Å²) in [5.41, 5.74) is 0.465. The fraction of sp³-hybridized carbons (Fsp3) is 1.00. The molecule has 1 N–H and O–H groups in total. The normalized spacial score (nSPS) is 15.5. The van der Waals surface area contributed by atoms with Crippen LogP contribution in [0, 0.1) is 28.6 Å². The second kappa shape index (κ2) is 32.7. The van der Waals surface area contributed by atoms with Crippen LogP contribution in [0.15, 0.2) is 0 Å². The zero-order valence-electron chi connectivity index (χ0n) is 38.3. The zero-order valence-corrected chi connectivity index (χ0v) is 40.4. The molecule has 0 aromatic rings. The molecule has 0 fully saturated rings. The topological polar surface area (TPSA) is 37.3 Å². The van der Waals surface area contributed by atoms with Gasteiger partial charge < -0.3 is 4.89 Å². The largest absolute Gasteiger partial charge is 0.344 e. The molecule has 2 nitrogen and oxygen atoms in total. The highest BCUT2D eigenvalue weighted by atomic mass is 31.2. The van der Waals surface area contributed by atoms with Gasteiger partial charge in [-0.1, -0.05) is 224 Å². The minimum absolute atomic E-state index is 0.233. The summed E-state index contributed by atoms with van der Waals surface area (Å²) in [6.07, 6.45) is 40.6. The van der Waals surface area contributed by atoms with Gasteiger partial charge in [0.05, 0.1) is 0 Å². The molecule has 4 atom stereocenters. The Bertz CT molecular complexity index is 770. The smallest absolute Gasteiger partial charge is 0.201 e. The molecule has 0 spiro atoms. The second-order valence-electron chi connectivity index (χ2n) is 20.3. The summed E-state index contributed by atoms with van der Waals surface area (Å²) in [7, 11) is 0.508. The van der Waals surface area contributed by atoms with Crippen molar-refractivity contribution in [3.8, 4) is 0 Å². The first-order valence-corrected chi connectivity index (χ1v) is 26.0. The van der Waals surface area contributed by atoms with Gasteiger partial charge in [-0.3, -0.25) is 4.57 Å². The Hall–Kier alpha value is 0.620. The van der Waals surface area contributed by atoms with Crippen molar-refractivity contribution >= 4 is 16.6 Å². The minimum atomic E-state index is -2.98. The van der Waals surface area contributed by atoms with Gasteiger partial charge in [0.25, 0.3) is 0 Å². The summed E-state index contributed by atoms with van der Waals surface area (Å²) in [6.45, 7) is 26.7. The molecular weight excluding hydrogens is 670 g/mol. The molecule has 0 amide bonds. The van der Waals surface area contributed by atoms with Gasteiger partial charge in [-0.25, -0.2) is 0 Å². The van der Waals surface area contributed by atoms with Crippen LogP contribution in [0.4, 0.5) is 0 Å². The molecular formula is C48H102O2P2. The van der Waals surface area contributed by atoms with Crippen LogP contribution in [0.5, 0.6) is 0 Å². The predicted molar refractivity (Wildman–Crippen MR) is 245 cm³/mol. The summed E-state index contributed by atoms with van der Waals surface area (Å²) >= 11 is 0. The molecule has 0 aliphatic rings. The van der Waals surface area contributed by atoms with Crippen molar-refractivity contribution in [2.24, 2.45) is 28.6 Å². The lowest BCUT2D eigenvalue weighted by atomic mass is 9.77. The number of rotatable bonds is 33. The summed E-state index contributed by atoms with van der Waals surface area (Å²) < 4.78 is 12.4. The number of hydrogen-bond donors (Lipinski definition) is 1. The zero-order chi connectivity index (χ0) is 39.9. The molecule has 0 aromatic heterocycles. The van der Waals surface area contributed by atoms with Crippen LogP contribution in [-0.4, -0.2) is 22.4 Å². The van der Waals surface area contributed by atoms with Crippen LogP contribution < -0.4 is 0 Å². The number of hydrogen-bond acceptors (Lipinski definition) is 1. The highest BCUT2D eigenvalue weighted by Crippen LogP contribution is 2.47. The van der Waals surface area contributed by atoms with Crippen LogP contribution in [0.25, 0.3) is 0 Å². The van der Waals surface area contributed by atoms with E-state index >= 15 is 0 Å². The fourth-order valence-corrected chi connectivity index (χ4v) is 12.1. The standard InChI is InChI=1S/C32H67P.C16H35O2P/c1-5-9-13-17-18-19-20-21-22-24-28-31(27-23-14-10-6-2)32(33,29-25-15-11-7-3)30-26-16-12-8-4;1-13(9-15(3,4)5)11-19(17,18)12-14(2)10-16(6,7)8/h31H,5-30,33H2,1-4H3;13-14H,9-12H2,1-8H3,(H,17,18). The maximum atomic E-state index is 12.4. The summed E-state index contributed by atoms with van der Waals surface area (Å²) in [5, 5.41) is 0.521. The third-order valence-corrected chi connectivity index (χ3v) is 14.7. The van der Waals surface area contributed by atoms with Gasteiger partial charge >= 0.3 is 0 Å². The third kappa shape index (κ3) is 36.3. The minimum Gasteiger partial charge on any atom is -0.344 e. The second-order valence-corrected chi connectivity index (χ2v) is 23.9. The Kier molecular flexibility index (Phi) is 34.4. The average Bonchev–Trinajstić information content (AvgIpc) is 3.01. The molecule has 0 rings (SSSR count). The van der Waals surface area contributed by atoms with Crippen molar-refractivity contribution in [2.75, 3.05) is 12.3 Å². The fourth-order valence-electron chi connectivity index (χ4n) is 8.98. The molecule has 0 radical (unpaired) electrons. The molecule has 0 saturated heterocycles. The van der Waals surface area contributed by atoms with Gasteiger partial charge in [0.2, 0.25) is 7.37 Å². The van der Waals surface area contributed by atoms with Crippen molar-refractivity contribution in [1.82, 2.24) is 0 Å². The maximum Gasteiger partial charge on any atom is 0.201 e. The first kappa shape index (κ1) is 54.7. The Balaban J connectivity index is 0. The Morgan fingerprint density at radius 2 is 0.750 bits per heavy atom. The van der Waals surface area contributed by atoms with E-state index in [2.05, 4.69) is 92.3 Å².